The molecule has 1 atom stereocenters. The number of nitrogens with zero attached hydrogens (tertiary/aromatic N) is 5. The number of pyridine rings is 2. The largest absolute Gasteiger partial charge is 0.344 e. The van der Waals surface area contributed by atoms with E-state index in [0.717, 1.165) is 16.5 Å². The van der Waals surface area contributed by atoms with Crippen LogP contribution in [0.2, 0.25) is 0 Å². The smallest absolute Gasteiger partial charge is 0.263 e. The van der Waals surface area contributed by atoms with Crippen molar-refractivity contribution >= 4 is 22.3 Å². The molecule has 0 aliphatic carbocycles. The van der Waals surface area contributed by atoms with E-state index in [0.29, 0.717) is 33.7 Å². The maximum atomic E-state index is 14.2. The van der Waals surface area contributed by atoms with Crippen molar-refractivity contribution in [3.63, 3.8) is 0 Å². The molecule has 6 rings (SSSR count). The number of hydrogen-bond acceptors (Lipinski definition) is 5. The Morgan fingerprint density at radius 3 is 2.53 bits per heavy atom. The van der Waals surface area contributed by atoms with Gasteiger partial charge in [-0.1, -0.05) is 36.4 Å². The van der Waals surface area contributed by atoms with Gasteiger partial charge in [0.05, 0.1) is 17.1 Å². The standard InChI is InChI=1S/C30H24N6O2/c1-19(33-29(37)26-20(2)34-35-17-7-14-32-28(26)35)25-18-22-8-6-11-24(21-12-15-31-16-13-21)27(22)30(38)36(25)23-9-4-3-5-10-23/h3-19H,1-2H3,(H,33,37)/t19-/m0/s1. The Balaban J connectivity index is 1.51. The Bertz CT molecular complexity index is 1860. The molecule has 0 spiro atoms. The minimum atomic E-state index is -0.498. The lowest BCUT2D eigenvalue weighted by Gasteiger charge is -2.21. The lowest BCUT2D eigenvalue weighted by Crippen LogP contribution is -2.32. The lowest BCUT2D eigenvalue weighted by atomic mass is 9.98. The van der Waals surface area contributed by atoms with Crippen LogP contribution in [0.15, 0.2) is 102 Å². The molecule has 0 bridgehead atoms. The minimum absolute atomic E-state index is 0.161. The molecule has 0 saturated carbocycles. The molecule has 0 radical (unpaired) electrons. The quantitative estimate of drug-likeness (QED) is 0.364. The second-order valence-electron chi connectivity index (χ2n) is 9.09. The first kappa shape index (κ1) is 23.3. The van der Waals surface area contributed by atoms with Gasteiger partial charge in [-0.15, -0.1) is 0 Å². The molecule has 0 saturated heterocycles. The van der Waals surface area contributed by atoms with E-state index in [1.54, 1.807) is 46.9 Å². The maximum absolute atomic E-state index is 14.2. The van der Waals surface area contributed by atoms with Crippen LogP contribution in [0, 0.1) is 6.92 Å². The van der Waals surface area contributed by atoms with Crippen molar-refractivity contribution < 1.29 is 4.79 Å². The molecule has 1 N–H and O–H groups in total. The summed E-state index contributed by atoms with van der Waals surface area (Å²) in [4.78, 5) is 36.1. The molecule has 0 aliphatic rings. The van der Waals surface area contributed by atoms with Crippen LogP contribution in [-0.2, 0) is 0 Å². The first-order valence-corrected chi connectivity index (χ1v) is 12.3. The number of para-hydroxylation sites is 1. The predicted octanol–water partition coefficient (Wildman–Crippen LogP) is 4.89. The summed E-state index contributed by atoms with van der Waals surface area (Å²) in [6, 6.07) is 22.3. The van der Waals surface area contributed by atoms with Gasteiger partial charge in [0, 0.05) is 36.2 Å². The Hall–Kier alpha value is -5.11. The van der Waals surface area contributed by atoms with Gasteiger partial charge in [-0.05, 0) is 66.8 Å². The van der Waals surface area contributed by atoms with Crippen LogP contribution in [0.25, 0.3) is 33.2 Å². The van der Waals surface area contributed by atoms with Crippen molar-refractivity contribution in [1.82, 2.24) is 29.5 Å². The number of nitrogens with one attached hydrogen (secondary N) is 1. The first-order valence-electron chi connectivity index (χ1n) is 12.3. The van der Waals surface area contributed by atoms with E-state index in [9.17, 15) is 9.59 Å². The summed E-state index contributed by atoms with van der Waals surface area (Å²) in [5.74, 6) is -0.304. The number of aromatic nitrogens is 5. The summed E-state index contributed by atoms with van der Waals surface area (Å²) in [5, 5.41) is 8.88. The molecular weight excluding hydrogens is 476 g/mol. The third-order valence-corrected chi connectivity index (χ3v) is 6.67. The highest BCUT2D eigenvalue weighted by Gasteiger charge is 2.23. The average Bonchev–Trinajstić information content (AvgIpc) is 3.29. The van der Waals surface area contributed by atoms with E-state index < -0.39 is 6.04 Å². The third kappa shape index (κ3) is 3.92. The van der Waals surface area contributed by atoms with E-state index in [1.807, 2.05) is 73.7 Å². The summed E-state index contributed by atoms with van der Waals surface area (Å²) in [6.07, 6.45) is 6.82. The molecule has 0 fully saturated rings. The van der Waals surface area contributed by atoms with Gasteiger partial charge < -0.3 is 5.32 Å². The Morgan fingerprint density at radius 2 is 1.74 bits per heavy atom. The zero-order valence-corrected chi connectivity index (χ0v) is 20.9. The molecule has 8 heteroatoms. The van der Waals surface area contributed by atoms with Gasteiger partial charge >= 0.3 is 0 Å². The van der Waals surface area contributed by atoms with E-state index in [4.69, 9.17) is 0 Å². The Kier molecular flexibility index (Phi) is 5.76. The molecule has 0 unspecified atom stereocenters. The second kappa shape index (κ2) is 9.40. The monoisotopic (exact) mass is 500 g/mol. The van der Waals surface area contributed by atoms with Gasteiger partial charge in [-0.3, -0.25) is 19.1 Å². The molecule has 1 amide bonds. The number of hydrogen-bond donors (Lipinski definition) is 1. The second-order valence-corrected chi connectivity index (χ2v) is 9.09. The van der Waals surface area contributed by atoms with Crippen molar-refractivity contribution in [2.24, 2.45) is 0 Å². The van der Waals surface area contributed by atoms with Gasteiger partial charge in [0.25, 0.3) is 11.5 Å². The molecule has 186 valence electrons. The fourth-order valence-electron chi connectivity index (χ4n) is 4.92. The van der Waals surface area contributed by atoms with E-state index in [2.05, 4.69) is 20.4 Å². The van der Waals surface area contributed by atoms with Crippen LogP contribution in [0.4, 0.5) is 0 Å². The zero-order valence-electron chi connectivity index (χ0n) is 20.9. The highest BCUT2D eigenvalue weighted by molar-refractivity contribution is 6.01. The molecule has 38 heavy (non-hydrogen) atoms. The van der Waals surface area contributed by atoms with Gasteiger partial charge in [-0.2, -0.15) is 5.10 Å². The molecule has 4 aromatic heterocycles. The van der Waals surface area contributed by atoms with Crippen molar-refractivity contribution in [3.05, 3.63) is 125 Å². The number of benzene rings is 2. The van der Waals surface area contributed by atoms with Crippen LogP contribution in [0.5, 0.6) is 0 Å². The molecule has 8 nitrogen and oxygen atoms in total. The van der Waals surface area contributed by atoms with Crippen LogP contribution < -0.4 is 10.9 Å². The summed E-state index contributed by atoms with van der Waals surface area (Å²) >= 11 is 0. The van der Waals surface area contributed by atoms with Gasteiger partial charge in [0.2, 0.25) is 0 Å². The number of rotatable bonds is 5. The van der Waals surface area contributed by atoms with Crippen molar-refractivity contribution in [1.29, 1.82) is 0 Å². The molecule has 6 aromatic rings. The highest BCUT2D eigenvalue weighted by atomic mass is 16.2. The summed E-state index contributed by atoms with van der Waals surface area (Å²) < 4.78 is 3.27. The van der Waals surface area contributed by atoms with Crippen LogP contribution in [0.3, 0.4) is 0 Å². The number of amides is 1. The van der Waals surface area contributed by atoms with Crippen LogP contribution in [0.1, 0.15) is 34.7 Å². The Labute approximate surface area is 218 Å². The van der Waals surface area contributed by atoms with Crippen LogP contribution in [-0.4, -0.2) is 30.1 Å². The number of carbonyl (C=O) groups is 1. The van der Waals surface area contributed by atoms with E-state index in [1.165, 1.54) is 0 Å². The average molecular weight is 501 g/mol. The SMILES string of the molecule is Cc1nn2cccnc2c1C(=O)N[C@@H](C)c1cc2cccc(-c3ccncc3)c2c(=O)n1-c1ccccc1. The maximum Gasteiger partial charge on any atom is 0.263 e. The van der Waals surface area contributed by atoms with Crippen molar-refractivity contribution in [2.45, 2.75) is 19.9 Å². The first-order chi connectivity index (χ1) is 18.5. The number of aryl methyl sites for hydroxylation is 1. The summed E-state index contributed by atoms with van der Waals surface area (Å²) in [5.41, 5.74) is 4.43. The van der Waals surface area contributed by atoms with Crippen LogP contribution >= 0.6 is 0 Å². The Morgan fingerprint density at radius 1 is 0.947 bits per heavy atom. The predicted molar refractivity (Wildman–Crippen MR) is 146 cm³/mol. The number of fused-ring (bicyclic) bond motifs is 2. The molecule has 0 aliphatic heterocycles. The lowest BCUT2D eigenvalue weighted by molar-refractivity contribution is 0.0939. The van der Waals surface area contributed by atoms with E-state index in [-0.39, 0.29) is 11.5 Å². The topological polar surface area (TPSA) is 94.2 Å². The fraction of sp³-hybridized carbons (Fsp3) is 0.100. The minimum Gasteiger partial charge on any atom is -0.344 e. The summed E-state index contributed by atoms with van der Waals surface area (Å²) in [6.45, 7) is 3.66. The third-order valence-electron chi connectivity index (χ3n) is 6.67. The van der Waals surface area contributed by atoms with Gasteiger partial charge in [0.15, 0.2) is 5.65 Å². The van der Waals surface area contributed by atoms with E-state index >= 15 is 0 Å². The molecular formula is C30H24N6O2. The van der Waals surface area contributed by atoms with Gasteiger partial charge in [-0.25, -0.2) is 9.50 Å². The molecule has 4 heterocycles. The highest BCUT2D eigenvalue weighted by Crippen LogP contribution is 2.29. The van der Waals surface area contributed by atoms with Gasteiger partial charge in [0.1, 0.15) is 5.56 Å². The van der Waals surface area contributed by atoms with Crippen molar-refractivity contribution in [2.75, 3.05) is 0 Å². The zero-order chi connectivity index (χ0) is 26.2. The normalized spacial score (nSPS) is 12.1. The van der Waals surface area contributed by atoms with Crippen molar-refractivity contribution in [3.8, 4) is 16.8 Å². The summed E-state index contributed by atoms with van der Waals surface area (Å²) in [7, 11) is 0. The fourth-order valence-corrected chi connectivity index (χ4v) is 4.92. The molecule has 2 aromatic carbocycles. The number of carbonyl (C=O) groups excluding carboxylic acids is 1.